The Balaban J connectivity index is 3.77. The van der Waals surface area contributed by atoms with Crippen LogP contribution in [0.15, 0.2) is 49.1 Å². The molecule has 0 aliphatic heterocycles. The van der Waals surface area contributed by atoms with Crippen molar-refractivity contribution in [1.82, 2.24) is 0 Å². The van der Waals surface area contributed by atoms with Crippen LogP contribution in [0.25, 0.3) is 0 Å². The van der Waals surface area contributed by atoms with Gasteiger partial charge in [0.25, 0.3) is 0 Å². The van der Waals surface area contributed by atoms with Gasteiger partial charge in [-0.25, -0.2) is 4.89 Å². The van der Waals surface area contributed by atoms with Crippen molar-refractivity contribution in [3.8, 4) is 0 Å². The predicted molar refractivity (Wildman–Crippen MR) is 80.5 cm³/mol. The van der Waals surface area contributed by atoms with Crippen LogP contribution in [-0.2, 0) is 9.68 Å². The van der Waals surface area contributed by atoms with Gasteiger partial charge in [-0.15, -0.1) is 6.58 Å². The average Bonchev–Trinajstić information content (AvgIpc) is 2.43. The van der Waals surface area contributed by atoms with Gasteiger partial charge in [0.05, 0.1) is 0 Å². The summed E-state index contributed by atoms with van der Waals surface area (Å²) in [6, 6.07) is 0. The van der Waals surface area contributed by atoms with Gasteiger partial charge >= 0.3 is 5.97 Å². The molecule has 0 rings (SSSR count). The normalized spacial score (nSPS) is 13.4. The van der Waals surface area contributed by atoms with Crippen LogP contribution < -0.4 is 0 Å². The Hall–Kier alpha value is -1.65. The molecule has 0 aromatic rings. The molecule has 0 heterocycles. The smallest absolute Gasteiger partial charge is 0.303 e. The fourth-order valence-corrected chi connectivity index (χ4v) is 1.48. The van der Waals surface area contributed by atoms with E-state index < -0.39 is 5.97 Å². The standard InChI is InChI=1S/C16H24O4/c1-2-3-4-6-9-12-15(20-19)13-10-7-5-8-11-14-16(17)18/h2,4,6-7,9-10,12,15,19H,1,3,5,8,11,13-14H2,(H,17,18)/b6-4-,10-7-,12-9+. The maximum Gasteiger partial charge on any atom is 0.303 e. The molecule has 0 amide bonds. The molecule has 0 aliphatic carbocycles. The summed E-state index contributed by atoms with van der Waals surface area (Å²) < 4.78 is 0. The number of carboxylic acid groups (broad SMARTS) is 1. The van der Waals surface area contributed by atoms with Crippen LogP contribution in [0, 0.1) is 0 Å². The molecule has 0 fully saturated rings. The van der Waals surface area contributed by atoms with Gasteiger partial charge in [-0.1, -0.05) is 42.5 Å². The van der Waals surface area contributed by atoms with Crippen molar-refractivity contribution < 1.29 is 20.0 Å². The molecule has 0 saturated heterocycles. The largest absolute Gasteiger partial charge is 0.481 e. The molecular formula is C16H24O4. The number of carbonyl (C=O) groups is 1. The van der Waals surface area contributed by atoms with Crippen LogP contribution in [0.2, 0.25) is 0 Å². The Labute approximate surface area is 120 Å². The van der Waals surface area contributed by atoms with E-state index in [1.54, 1.807) is 12.2 Å². The Bertz CT molecular complexity index is 342. The number of carboxylic acids is 1. The van der Waals surface area contributed by atoms with Crippen molar-refractivity contribution in [1.29, 1.82) is 0 Å². The third-order valence-electron chi connectivity index (χ3n) is 2.56. The number of hydrogen-bond acceptors (Lipinski definition) is 3. The topological polar surface area (TPSA) is 66.8 Å². The zero-order valence-corrected chi connectivity index (χ0v) is 11.8. The van der Waals surface area contributed by atoms with E-state index in [0.717, 1.165) is 19.3 Å². The van der Waals surface area contributed by atoms with E-state index in [9.17, 15) is 4.79 Å². The van der Waals surface area contributed by atoms with Gasteiger partial charge < -0.3 is 5.11 Å². The second kappa shape index (κ2) is 13.8. The summed E-state index contributed by atoms with van der Waals surface area (Å²) in [7, 11) is 0. The average molecular weight is 280 g/mol. The fourth-order valence-electron chi connectivity index (χ4n) is 1.48. The van der Waals surface area contributed by atoms with Crippen LogP contribution in [0.4, 0.5) is 0 Å². The first-order valence-electron chi connectivity index (χ1n) is 6.82. The first-order valence-corrected chi connectivity index (χ1v) is 6.82. The second-order valence-corrected chi connectivity index (χ2v) is 4.33. The molecule has 20 heavy (non-hydrogen) atoms. The summed E-state index contributed by atoms with van der Waals surface area (Å²) in [6.07, 6.45) is 16.8. The minimum Gasteiger partial charge on any atom is -0.481 e. The van der Waals surface area contributed by atoms with Crippen molar-refractivity contribution in [2.24, 2.45) is 0 Å². The first-order chi connectivity index (χ1) is 9.70. The number of allylic oxidation sites excluding steroid dienone is 5. The van der Waals surface area contributed by atoms with Gasteiger partial charge in [-0.2, -0.15) is 0 Å². The molecule has 0 aromatic carbocycles. The molecule has 0 radical (unpaired) electrons. The molecule has 0 bridgehead atoms. The third kappa shape index (κ3) is 12.8. The minimum absolute atomic E-state index is 0.218. The van der Waals surface area contributed by atoms with Crippen molar-refractivity contribution in [2.45, 2.75) is 44.6 Å². The zero-order chi connectivity index (χ0) is 15.1. The molecule has 0 saturated carbocycles. The highest BCUT2D eigenvalue weighted by Crippen LogP contribution is 2.04. The highest BCUT2D eigenvalue weighted by atomic mass is 17.1. The fraction of sp³-hybridized carbons (Fsp3) is 0.438. The van der Waals surface area contributed by atoms with Crippen molar-refractivity contribution in [2.75, 3.05) is 0 Å². The second-order valence-electron chi connectivity index (χ2n) is 4.33. The molecule has 0 aromatic heterocycles. The van der Waals surface area contributed by atoms with Gasteiger partial charge in [0.15, 0.2) is 0 Å². The summed E-state index contributed by atoms with van der Waals surface area (Å²) in [5, 5.41) is 17.2. The lowest BCUT2D eigenvalue weighted by Crippen LogP contribution is -2.04. The minimum atomic E-state index is -0.752. The Morgan fingerprint density at radius 1 is 1.20 bits per heavy atom. The molecule has 0 aliphatic rings. The van der Waals surface area contributed by atoms with Gasteiger partial charge in [0.2, 0.25) is 0 Å². The Morgan fingerprint density at radius 3 is 2.65 bits per heavy atom. The number of rotatable bonds is 12. The van der Waals surface area contributed by atoms with Gasteiger partial charge in [0, 0.05) is 6.42 Å². The number of aliphatic carboxylic acids is 1. The zero-order valence-electron chi connectivity index (χ0n) is 11.8. The van der Waals surface area contributed by atoms with E-state index in [1.807, 2.05) is 30.4 Å². The summed E-state index contributed by atoms with van der Waals surface area (Å²) in [5.74, 6) is -0.752. The van der Waals surface area contributed by atoms with E-state index in [1.165, 1.54) is 0 Å². The quantitative estimate of drug-likeness (QED) is 0.185. The highest BCUT2D eigenvalue weighted by molar-refractivity contribution is 5.66. The summed E-state index contributed by atoms with van der Waals surface area (Å²) in [4.78, 5) is 14.6. The monoisotopic (exact) mass is 280 g/mol. The molecule has 0 spiro atoms. The molecule has 4 nitrogen and oxygen atoms in total. The number of hydrogen-bond donors (Lipinski definition) is 2. The van der Waals surface area contributed by atoms with Crippen molar-refractivity contribution in [3.63, 3.8) is 0 Å². The molecule has 1 unspecified atom stereocenters. The van der Waals surface area contributed by atoms with Gasteiger partial charge in [0.1, 0.15) is 6.10 Å². The lowest BCUT2D eigenvalue weighted by molar-refractivity contribution is -0.264. The van der Waals surface area contributed by atoms with E-state index in [2.05, 4.69) is 11.5 Å². The first kappa shape index (κ1) is 18.4. The van der Waals surface area contributed by atoms with Gasteiger partial charge in [-0.3, -0.25) is 10.1 Å². The Kier molecular flexibility index (Phi) is 12.6. The summed E-state index contributed by atoms with van der Waals surface area (Å²) >= 11 is 0. The van der Waals surface area contributed by atoms with E-state index >= 15 is 0 Å². The highest BCUT2D eigenvalue weighted by Gasteiger charge is 2.00. The van der Waals surface area contributed by atoms with Gasteiger partial charge in [-0.05, 0) is 32.1 Å². The maximum atomic E-state index is 10.3. The molecular weight excluding hydrogens is 256 g/mol. The molecule has 112 valence electrons. The van der Waals surface area contributed by atoms with Crippen LogP contribution in [0.1, 0.15) is 38.5 Å². The van der Waals surface area contributed by atoms with Crippen LogP contribution in [0.5, 0.6) is 0 Å². The predicted octanol–water partition coefficient (Wildman–Crippen LogP) is 4.12. The maximum absolute atomic E-state index is 10.3. The van der Waals surface area contributed by atoms with Crippen LogP contribution >= 0.6 is 0 Å². The SMILES string of the molecule is C=CC/C=C\C=C\C(C/C=C\CCCCC(=O)O)OO. The molecule has 1 atom stereocenters. The van der Waals surface area contributed by atoms with Crippen LogP contribution in [0.3, 0.4) is 0 Å². The van der Waals surface area contributed by atoms with Crippen molar-refractivity contribution in [3.05, 3.63) is 49.1 Å². The van der Waals surface area contributed by atoms with Crippen LogP contribution in [-0.4, -0.2) is 22.4 Å². The third-order valence-corrected chi connectivity index (χ3v) is 2.56. The number of unbranched alkanes of at least 4 members (excludes halogenated alkanes) is 2. The van der Waals surface area contributed by atoms with E-state index in [4.69, 9.17) is 10.4 Å². The summed E-state index contributed by atoms with van der Waals surface area (Å²) in [5.41, 5.74) is 0. The Morgan fingerprint density at radius 2 is 2.00 bits per heavy atom. The lowest BCUT2D eigenvalue weighted by atomic mass is 10.1. The molecule has 2 N–H and O–H groups in total. The van der Waals surface area contributed by atoms with Crippen molar-refractivity contribution >= 4 is 5.97 Å². The summed E-state index contributed by atoms with van der Waals surface area (Å²) in [6.45, 7) is 3.61. The van der Waals surface area contributed by atoms with E-state index in [-0.39, 0.29) is 12.5 Å². The molecule has 4 heteroatoms. The lowest BCUT2D eigenvalue weighted by Gasteiger charge is -2.04. The van der Waals surface area contributed by atoms with E-state index in [0.29, 0.717) is 12.8 Å².